The van der Waals surface area contributed by atoms with Crippen molar-refractivity contribution in [2.45, 2.75) is 55.2 Å². The van der Waals surface area contributed by atoms with Gasteiger partial charge in [-0.2, -0.15) is 4.68 Å². The molecule has 1 heterocycles. The van der Waals surface area contributed by atoms with Crippen LogP contribution in [-0.2, 0) is 5.75 Å². The quantitative estimate of drug-likeness (QED) is 0.484. The van der Waals surface area contributed by atoms with E-state index in [1.807, 2.05) is 54.6 Å². The predicted octanol–water partition coefficient (Wildman–Crippen LogP) is 4.41. The summed E-state index contributed by atoms with van der Waals surface area (Å²) in [4.78, 5) is 13.9. The van der Waals surface area contributed by atoms with Crippen LogP contribution in [-0.4, -0.2) is 32.2 Å². The maximum Gasteiger partial charge on any atom is 0.252 e. The molecule has 7 heteroatoms. The minimum absolute atomic E-state index is 0.0163. The second kappa shape index (κ2) is 9.69. The molecule has 29 heavy (non-hydrogen) atoms. The number of nitrogens with zero attached hydrogens (tertiary/aromatic N) is 4. The highest BCUT2D eigenvalue weighted by molar-refractivity contribution is 7.98. The zero-order valence-electron chi connectivity index (χ0n) is 16.3. The molecule has 150 valence electrons. The van der Waals surface area contributed by atoms with Crippen molar-refractivity contribution in [3.05, 3.63) is 66.0 Å². The average molecular weight is 408 g/mol. The van der Waals surface area contributed by atoms with Crippen LogP contribution in [0.5, 0.6) is 0 Å². The number of hydrogen-bond acceptors (Lipinski definition) is 5. The number of carbonyl (C=O) groups excluding carboxylic acids is 1. The molecule has 1 fully saturated rings. The first kappa shape index (κ1) is 19.6. The molecule has 6 nitrogen and oxygen atoms in total. The third-order valence-electron chi connectivity index (χ3n) is 5.21. The van der Waals surface area contributed by atoms with Gasteiger partial charge in [-0.1, -0.05) is 56.0 Å². The van der Waals surface area contributed by atoms with Crippen LogP contribution in [0.3, 0.4) is 0 Å². The second-order valence-electron chi connectivity index (χ2n) is 7.29. The Bertz CT molecular complexity index is 935. The molecule has 4 rings (SSSR count). The summed E-state index contributed by atoms with van der Waals surface area (Å²) < 4.78 is 1.74. The summed E-state index contributed by atoms with van der Waals surface area (Å²) in [5.41, 5.74) is 1.65. The van der Waals surface area contributed by atoms with Crippen LogP contribution in [0, 0.1) is 0 Å². The van der Waals surface area contributed by atoms with Crippen LogP contribution in [0.25, 0.3) is 5.69 Å². The summed E-state index contributed by atoms with van der Waals surface area (Å²) in [5.74, 6) is 1.35. The van der Waals surface area contributed by atoms with Gasteiger partial charge in [0, 0.05) is 10.9 Å². The zero-order valence-corrected chi connectivity index (χ0v) is 17.1. The summed E-state index contributed by atoms with van der Waals surface area (Å²) in [6.45, 7) is 0. The van der Waals surface area contributed by atoms with Gasteiger partial charge in [0.15, 0.2) is 5.82 Å². The normalized spacial score (nSPS) is 15.0. The minimum Gasteiger partial charge on any atom is -0.349 e. The van der Waals surface area contributed by atoms with Crippen LogP contribution < -0.4 is 5.32 Å². The summed E-state index contributed by atoms with van der Waals surface area (Å²) in [5, 5.41) is 15.3. The van der Waals surface area contributed by atoms with Gasteiger partial charge < -0.3 is 5.32 Å². The molecule has 2 aromatic carbocycles. The van der Waals surface area contributed by atoms with Crippen molar-refractivity contribution >= 4 is 17.7 Å². The first-order valence-electron chi connectivity index (χ1n) is 10.2. The lowest BCUT2D eigenvalue weighted by atomic mass is 10.1. The summed E-state index contributed by atoms with van der Waals surface area (Å²) >= 11 is 1.58. The molecule has 0 saturated heterocycles. The van der Waals surface area contributed by atoms with Crippen molar-refractivity contribution in [3.63, 3.8) is 0 Å². The highest BCUT2D eigenvalue weighted by Crippen LogP contribution is 2.27. The largest absolute Gasteiger partial charge is 0.349 e. The van der Waals surface area contributed by atoms with E-state index in [0.717, 1.165) is 34.8 Å². The van der Waals surface area contributed by atoms with Crippen molar-refractivity contribution in [3.8, 4) is 5.69 Å². The standard InChI is InChI=1S/C22H25N5OS/c28-22(23-17-10-4-1-2-5-11-17)19-14-8-9-15-20(19)29-16-21-24-25-26-27(21)18-12-6-3-7-13-18/h3,6-9,12-15,17H,1-2,4-5,10-11,16H2,(H,23,28). The Balaban J connectivity index is 1.45. The molecule has 0 bridgehead atoms. The Morgan fingerprint density at radius 2 is 1.72 bits per heavy atom. The maximum absolute atomic E-state index is 12.9. The number of rotatable bonds is 6. The van der Waals surface area contributed by atoms with Crippen molar-refractivity contribution in [1.29, 1.82) is 0 Å². The fourth-order valence-electron chi connectivity index (χ4n) is 3.67. The monoisotopic (exact) mass is 407 g/mol. The third-order valence-corrected chi connectivity index (χ3v) is 6.28. The van der Waals surface area contributed by atoms with Gasteiger partial charge in [-0.25, -0.2) is 0 Å². The highest BCUT2D eigenvalue weighted by Gasteiger charge is 2.18. The lowest BCUT2D eigenvalue weighted by molar-refractivity contribution is 0.0930. The molecular formula is C22H25N5OS. The number of nitrogens with one attached hydrogen (secondary N) is 1. The molecule has 0 radical (unpaired) electrons. The molecule has 1 N–H and O–H groups in total. The first-order valence-corrected chi connectivity index (χ1v) is 11.2. The van der Waals surface area contributed by atoms with E-state index in [2.05, 4.69) is 20.8 Å². The molecule has 3 aromatic rings. The van der Waals surface area contributed by atoms with Crippen LogP contribution in [0.4, 0.5) is 0 Å². The molecule has 1 amide bonds. The number of benzene rings is 2. The lowest BCUT2D eigenvalue weighted by Gasteiger charge is -2.17. The Morgan fingerprint density at radius 3 is 2.52 bits per heavy atom. The van der Waals surface area contributed by atoms with Gasteiger partial charge in [-0.05, 0) is 47.5 Å². The smallest absolute Gasteiger partial charge is 0.252 e. The van der Waals surface area contributed by atoms with E-state index in [0.29, 0.717) is 5.75 Å². The van der Waals surface area contributed by atoms with Gasteiger partial charge in [0.1, 0.15) is 0 Å². The second-order valence-corrected chi connectivity index (χ2v) is 8.31. The van der Waals surface area contributed by atoms with Crippen molar-refractivity contribution < 1.29 is 4.79 Å². The zero-order chi connectivity index (χ0) is 19.9. The van der Waals surface area contributed by atoms with Crippen molar-refractivity contribution in [2.75, 3.05) is 0 Å². The van der Waals surface area contributed by atoms with E-state index in [4.69, 9.17) is 0 Å². The predicted molar refractivity (Wildman–Crippen MR) is 114 cm³/mol. The Morgan fingerprint density at radius 1 is 1.00 bits per heavy atom. The summed E-state index contributed by atoms with van der Waals surface area (Å²) in [6.07, 6.45) is 7.09. The van der Waals surface area contributed by atoms with Gasteiger partial charge in [0.25, 0.3) is 5.91 Å². The Kier molecular flexibility index (Phi) is 6.56. The minimum atomic E-state index is 0.0163. The Hall–Kier alpha value is -2.67. The lowest BCUT2D eigenvalue weighted by Crippen LogP contribution is -2.34. The molecular weight excluding hydrogens is 382 g/mol. The van der Waals surface area contributed by atoms with Gasteiger partial charge in [0.05, 0.1) is 17.0 Å². The van der Waals surface area contributed by atoms with Crippen LogP contribution in [0.2, 0.25) is 0 Å². The van der Waals surface area contributed by atoms with E-state index in [9.17, 15) is 4.79 Å². The number of para-hydroxylation sites is 1. The topological polar surface area (TPSA) is 72.7 Å². The molecule has 0 unspecified atom stereocenters. The molecule has 0 aliphatic heterocycles. The molecule has 1 aliphatic carbocycles. The number of tetrazole rings is 1. The van der Waals surface area contributed by atoms with Gasteiger partial charge >= 0.3 is 0 Å². The van der Waals surface area contributed by atoms with E-state index < -0.39 is 0 Å². The van der Waals surface area contributed by atoms with E-state index in [1.165, 1.54) is 25.7 Å². The fourth-order valence-corrected chi connectivity index (χ4v) is 4.63. The van der Waals surface area contributed by atoms with Gasteiger partial charge in [-0.15, -0.1) is 16.9 Å². The first-order chi connectivity index (χ1) is 14.3. The van der Waals surface area contributed by atoms with E-state index in [-0.39, 0.29) is 11.9 Å². The number of amides is 1. The van der Waals surface area contributed by atoms with Crippen LogP contribution in [0.1, 0.15) is 54.7 Å². The molecule has 0 atom stereocenters. The third kappa shape index (κ3) is 5.03. The highest BCUT2D eigenvalue weighted by atomic mass is 32.2. The fraction of sp³-hybridized carbons (Fsp3) is 0.364. The number of carbonyl (C=O) groups is 1. The van der Waals surface area contributed by atoms with Gasteiger partial charge in [-0.3, -0.25) is 4.79 Å². The van der Waals surface area contributed by atoms with Crippen LogP contribution in [0.15, 0.2) is 59.5 Å². The van der Waals surface area contributed by atoms with E-state index >= 15 is 0 Å². The van der Waals surface area contributed by atoms with Gasteiger partial charge in [0.2, 0.25) is 0 Å². The summed E-state index contributed by atoms with van der Waals surface area (Å²) in [6, 6.07) is 17.9. The Labute approximate surface area is 175 Å². The number of thioether (sulfide) groups is 1. The van der Waals surface area contributed by atoms with E-state index in [1.54, 1.807) is 16.4 Å². The SMILES string of the molecule is O=C(NC1CCCCCC1)c1ccccc1SCc1nnnn1-c1ccccc1. The molecule has 1 aromatic heterocycles. The van der Waals surface area contributed by atoms with Crippen molar-refractivity contribution in [1.82, 2.24) is 25.5 Å². The maximum atomic E-state index is 12.9. The molecule has 1 aliphatic rings. The average Bonchev–Trinajstić information content (AvgIpc) is 3.09. The van der Waals surface area contributed by atoms with Crippen molar-refractivity contribution in [2.24, 2.45) is 0 Å². The van der Waals surface area contributed by atoms with Crippen LogP contribution >= 0.6 is 11.8 Å². The summed E-state index contributed by atoms with van der Waals surface area (Å²) in [7, 11) is 0. The molecule has 1 saturated carbocycles. The number of aromatic nitrogens is 4. The molecule has 0 spiro atoms. The number of hydrogen-bond donors (Lipinski definition) is 1.